The lowest BCUT2D eigenvalue weighted by molar-refractivity contribution is 0.0709. The van der Waals surface area contributed by atoms with Crippen LogP contribution < -0.4 is 4.90 Å². The molecule has 2 heterocycles. The molecule has 122 valence electrons. The molecule has 1 aromatic heterocycles. The second-order valence-electron chi connectivity index (χ2n) is 5.90. The molecule has 1 aliphatic heterocycles. The first-order chi connectivity index (χ1) is 11.0. The Labute approximate surface area is 140 Å². The number of hydrogen-bond donors (Lipinski definition) is 0. The average Bonchev–Trinajstić information content (AvgIpc) is 3.17. The van der Waals surface area contributed by atoms with Crippen LogP contribution in [0.25, 0.3) is 0 Å². The van der Waals surface area contributed by atoms with Crippen molar-refractivity contribution in [2.24, 2.45) is 0 Å². The minimum atomic E-state index is -0.179. The smallest absolute Gasteiger partial charge is 0.265 e. The Morgan fingerprint density at radius 2 is 2.22 bits per heavy atom. The zero-order valence-corrected chi connectivity index (χ0v) is 14.2. The summed E-state index contributed by atoms with van der Waals surface area (Å²) in [6.07, 6.45) is 1.73. The lowest BCUT2D eigenvalue weighted by Crippen LogP contribution is -2.31. The maximum Gasteiger partial charge on any atom is 0.265 e. The van der Waals surface area contributed by atoms with Crippen molar-refractivity contribution < 1.29 is 9.32 Å². The Kier molecular flexibility index (Phi) is 4.26. The summed E-state index contributed by atoms with van der Waals surface area (Å²) < 4.78 is 5.36. The van der Waals surface area contributed by atoms with Crippen LogP contribution in [-0.4, -0.2) is 41.6 Å². The number of nitrogens with zero attached hydrogens (tertiary/aromatic N) is 4. The van der Waals surface area contributed by atoms with E-state index in [1.54, 1.807) is 28.0 Å². The third kappa shape index (κ3) is 2.91. The van der Waals surface area contributed by atoms with Crippen molar-refractivity contribution in [1.82, 2.24) is 15.0 Å². The molecule has 1 aliphatic rings. The van der Waals surface area contributed by atoms with Gasteiger partial charge in [0.15, 0.2) is 0 Å². The lowest BCUT2D eigenvalue weighted by atomic mass is 10.1. The van der Waals surface area contributed by atoms with E-state index in [2.05, 4.69) is 10.1 Å². The largest absolute Gasteiger partial charge is 0.344 e. The van der Waals surface area contributed by atoms with Gasteiger partial charge in [-0.2, -0.15) is 4.98 Å². The number of anilines is 1. The Hall–Kier alpha value is -2.08. The number of aromatic nitrogens is 2. The van der Waals surface area contributed by atoms with Gasteiger partial charge in [-0.05, 0) is 42.6 Å². The van der Waals surface area contributed by atoms with Gasteiger partial charge in [0, 0.05) is 31.2 Å². The van der Waals surface area contributed by atoms with Crippen LogP contribution in [0.5, 0.6) is 0 Å². The molecule has 3 rings (SSSR count). The minimum Gasteiger partial charge on any atom is -0.344 e. The fourth-order valence-corrected chi connectivity index (χ4v) is 2.98. The number of amides is 1. The molecule has 1 fully saturated rings. The Bertz CT molecular complexity index is 729. The molecular weight excluding hydrogens is 316 g/mol. The van der Waals surface area contributed by atoms with Gasteiger partial charge in [0.2, 0.25) is 0 Å². The highest BCUT2D eigenvalue weighted by molar-refractivity contribution is 6.31. The van der Waals surface area contributed by atoms with E-state index in [1.165, 1.54) is 0 Å². The monoisotopic (exact) mass is 334 g/mol. The van der Waals surface area contributed by atoms with Crippen LogP contribution in [0.1, 0.15) is 40.7 Å². The van der Waals surface area contributed by atoms with Gasteiger partial charge in [-0.15, -0.1) is 0 Å². The highest BCUT2D eigenvalue weighted by atomic mass is 35.5. The Morgan fingerprint density at radius 1 is 1.43 bits per heavy atom. The Balaban J connectivity index is 1.88. The van der Waals surface area contributed by atoms with Crippen LogP contribution in [0.15, 0.2) is 22.7 Å². The van der Waals surface area contributed by atoms with Crippen molar-refractivity contribution in [3.05, 3.63) is 40.2 Å². The molecule has 1 amide bonds. The summed E-state index contributed by atoms with van der Waals surface area (Å²) in [6.45, 7) is 2.53. The molecule has 0 spiro atoms. The molecule has 2 aromatic rings. The normalized spacial score (nSPS) is 17.6. The molecule has 1 aromatic carbocycles. The van der Waals surface area contributed by atoms with E-state index in [0.29, 0.717) is 29.0 Å². The number of likely N-dealkylation sites (tertiary alicyclic amines) is 1. The molecule has 1 atom stereocenters. The van der Waals surface area contributed by atoms with Crippen LogP contribution in [0.4, 0.5) is 5.95 Å². The highest BCUT2D eigenvalue weighted by Gasteiger charge is 2.35. The van der Waals surface area contributed by atoms with Crippen LogP contribution in [0, 0.1) is 6.92 Å². The first kappa shape index (κ1) is 15.8. The molecule has 0 aliphatic carbocycles. The lowest BCUT2D eigenvalue weighted by Gasteiger charge is -2.23. The molecular formula is C16H19ClN4O2. The van der Waals surface area contributed by atoms with Gasteiger partial charge >= 0.3 is 0 Å². The average molecular weight is 335 g/mol. The molecule has 0 radical (unpaired) electrons. The van der Waals surface area contributed by atoms with Crippen LogP contribution >= 0.6 is 11.6 Å². The molecule has 0 N–H and O–H groups in total. The van der Waals surface area contributed by atoms with Crippen molar-refractivity contribution in [2.75, 3.05) is 25.5 Å². The number of carbonyl (C=O) groups is 1. The number of rotatable bonds is 3. The van der Waals surface area contributed by atoms with Crippen molar-refractivity contribution in [3.8, 4) is 0 Å². The predicted molar refractivity (Wildman–Crippen MR) is 87.8 cm³/mol. The summed E-state index contributed by atoms with van der Waals surface area (Å²) in [4.78, 5) is 20.9. The van der Waals surface area contributed by atoms with Gasteiger partial charge in [0.05, 0.1) is 0 Å². The van der Waals surface area contributed by atoms with E-state index in [1.807, 2.05) is 21.0 Å². The van der Waals surface area contributed by atoms with Gasteiger partial charge in [0.25, 0.3) is 17.7 Å². The third-order valence-corrected chi connectivity index (χ3v) is 4.54. The molecule has 1 unspecified atom stereocenters. The van der Waals surface area contributed by atoms with E-state index in [4.69, 9.17) is 16.1 Å². The van der Waals surface area contributed by atoms with Gasteiger partial charge in [-0.3, -0.25) is 4.79 Å². The number of carbonyl (C=O) groups excluding carboxylic acids is 1. The molecule has 0 bridgehead atoms. The zero-order chi connectivity index (χ0) is 16.6. The Morgan fingerprint density at radius 3 is 2.91 bits per heavy atom. The quantitative estimate of drug-likeness (QED) is 0.863. The standard InChI is InChI=1S/C16H19ClN4O2/c1-10-11(6-4-7-12(10)17)15(22)21-9-5-8-13(21)14-18-16(19-23-14)20(2)3/h4,6-7,13H,5,8-9H2,1-3H3. The summed E-state index contributed by atoms with van der Waals surface area (Å²) in [5, 5.41) is 4.54. The second-order valence-corrected chi connectivity index (χ2v) is 6.30. The fraction of sp³-hybridized carbons (Fsp3) is 0.438. The molecule has 0 saturated carbocycles. The van der Waals surface area contributed by atoms with Crippen molar-refractivity contribution >= 4 is 23.5 Å². The topological polar surface area (TPSA) is 62.5 Å². The van der Waals surface area contributed by atoms with E-state index in [-0.39, 0.29) is 11.9 Å². The first-order valence-corrected chi connectivity index (χ1v) is 7.94. The second kappa shape index (κ2) is 6.20. The van der Waals surface area contributed by atoms with Crippen LogP contribution in [-0.2, 0) is 0 Å². The zero-order valence-electron chi connectivity index (χ0n) is 13.4. The fourth-order valence-electron chi connectivity index (χ4n) is 2.80. The third-order valence-electron chi connectivity index (χ3n) is 4.13. The molecule has 1 saturated heterocycles. The van der Waals surface area contributed by atoms with Crippen molar-refractivity contribution in [2.45, 2.75) is 25.8 Å². The number of benzene rings is 1. The SMILES string of the molecule is Cc1c(Cl)cccc1C(=O)N1CCCC1c1nc(N(C)C)no1. The molecule has 6 nitrogen and oxygen atoms in total. The van der Waals surface area contributed by atoms with E-state index in [0.717, 1.165) is 18.4 Å². The maximum atomic E-state index is 12.9. The van der Waals surface area contributed by atoms with Gasteiger partial charge < -0.3 is 14.3 Å². The van der Waals surface area contributed by atoms with E-state index in [9.17, 15) is 4.79 Å². The van der Waals surface area contributed by atoms with Gasteiger partial charge in [-0.1, -0.05) is 17.7 Å². The van der Waals surface area contributed by atoms with E-state index < -0.39 is 0 Å². The maximum absolute atomic E-state index is 12.9. The van der Waals surface area contributed by atoms with Crippen LogP contribution in [0.2, 0.25) is 5.02 Å². The van der Waals surface area contributed by atoms with Gasteiger partial charge in [-0.25, -0.2) is 0 Å². The minimum absolute atomic E-state index is 0.0443. The van der Waals surface area contributed by atoms with Crippen LogP contribution in [0.3, 0.4) is 0 Å². The first-order valence-electron chi connectivity index (χ1n) is 7.56. The summed E-state index contributed by atoms with van der Waals surface area (Å²) in [5.41, 5.74) is 1.42. The highest BCUT2D eigenvalue weighted by Crippen LogP contribution is 2.33. The van der Waals surface area contributed by atoms with Gasteiger partial charge in [0.1, 0.15) is 6.04 Å². The number of halogens is 1. The summed E-state index contributed by atoms with van der Waals surface area (Å²) in [7, 11) is 3.70. The van der Waals surface area contributed by atoms with Crippen molar-refractivity contribution in [3.63, 3.8) is 0 Å². The van der Waals surface area contributed by atoms with E-state index >= 15 is 0 Å². The number of hydrogen-bond acceptors (Lipinski definition) is 5. The predicted octanol–water partition coefficient (Wildman–Crippen LogP) is 3.07. The summed E-state index contributed by atoms with van der Waals surface area (Å²) in [5.74, 6) is 0.953. The van der Waals surface area contributed by atoms with Crippen molar-refractivity contribution in [1.29, 1.82) is 0 Å². The summed E-state index contributed by atoms with van der Waals surface area (Å²) in [6, 6.07) is 5.21. The molecule has 7 heteroatoms. The summed E-state index contributed by atoms with van der Waals surface area (Å²) >= 11 is 6.14. The molecule has 23 heavy (non-hydrogen) atoms.